The molecular formula is C12H20N4O4S. The first kappa shape index (κ1) is 15.9. The topological polar surface area (TPSA) is 108 Å². The molecule has 1 aromatic rings. The fraction of sp³-hybridized carbons (Fsp3) is 0.667. The van der Waals surface area contributed by atoms with Gasteiger partial charge in [-0.1, -0.05) is 6.92 Å². The minimum atomic E-state index is -3.79. The van der Waals surface area contributed by atoms with Gasteiger partial charge in [0.25, 0.3) is 0 Å². The van der Waals surface area contributed by atoms with Gasteiger partial charge >= 0.3 is 0 Å². The largest absolute Gasteiger partial charge is 0.379 e. The van der Waals surface area contributed by atoms with Crippen molar-refractivity contribution in [1.29, 1.82) is 0 Å². The van der Waals surface area contributed by atoms with Gasteiger partial charge in [-0.3, -0.25) is 9.48 Å². The Morgan fingerprint density at radius 2 is 2.29 bits per heavy atom. The Balaban J connectivity index is 2.00. The van der Waals surface area contributed by atoms with Gasteiger partial charge in [-0.15, -0.1) is 0 Å². The average Bonchev–Trinajstić information content (AvgIpc) is 2.87. The maximum absolute atomic E-state index is 12.2. The smallest absolute Gasteiger partial charge is 0.244 e. The lowest BCUT2D eigenvalue weighted by molar-refractivity contribution is -0.137. The molecule has 2 heterocycles. The van der Waals surface area contributed by atoms with E-state index in [9.17, 15) is 13.2 Å². The molecule has 1 aliphatic rings. The molecule has 9 heteroatoms. The van der Waals surface area contributed by atoms with Crippen molar-refractivity contribution < 1.29 is 17.9 Å². The summed E-state index contributed by atoms with van der Waals surface area (Å²) in [5.41, 5.74) is 0. The van der Waals surface area contributed by atoms with Crippen LogP contribution in [0.2, 0.25) is 0 Å². The number of nitrogens with zero attached hydrogens (tertiary/aromatic N) is 3. The second-order valence-electron chi connectivity index (χ2n) is 5.30. The second-order valence-corrected chi connectivity index (χ2v) is 6.86. The number of aromatic nitrogens is 2. The molecular weight excluding hydrogens is 296 g/mol. The minimum absolute atomic E-state index is 0.0136. The number of carbonyl (C=O) groups excluding carboxylic acids is 1. The second kappa shape index (κ2) is 6.12. The summed E-state index contributed by atoms with van der Waals surface area (Å²) in [4.78, 5) is 13.8. The van der Waals surface area contributed by atoms with Crippen LogP contribution in [-0.2, 0) is 26.1 Å². The molecule has 1 aromatic heterocycles. The van der Waals surface area contributed by atoms with Crippen LogP contribution in [0.4, 0.5) is 0 Å². The number of amides is 1. The predicted octanol–water partition coefficient (Wildman–Crippen LogP) is -0.586. The molecule has 2 rings (SSSR count). The van der Waals surface area contributed by atoms with Crippen LogP contribution in [0, 0.1) is 5.92 Å². The van der Waals surface area contributed by atoms with E-state index >= 15 is 0 Å². The van der Waals surface area contributed by atoms with Crippen molar-refractivity contribution in [2.45, 2.75) is 30.9 Å². The van der Waals surface area contributed by atoms with E-state index in [0.717, 1.165) is 12.6 Å². The van der Waals surface area contributed by atoms with Crippen LogP contribution in [0.5, 0.6) is 0 Å². The Labute approximate surface area is 123 Å². The summed E-state index contributed by atoms with van der Waals surface area (Å²) in [5, 5.41) is 8.85. The molecule has 0 saturated carbocycles. The Kier molecular flexibility index (Phi) is 4.64. The van der Waals surface area contributed by atoms with Crippen molar-refractivity contribution in [2.24, 2.45) is 11.1 Å². The van der Waals surface area contributed by atoms with Crippen LogP contribution >= 0.6 is 0 Å². The zero-order valence-corrected chi connectivity index (χ0v) is 12.9. The Bertz CT molecular complexity index is 613. The molecule has 1 fully saturated rings. The number of hydrogen-bond donors (Lipinski definition) is 1. The van der Waals surface area contributed by atoms with Crippen LogP contribution in [0.1, 0.15) is 13.3 Å². The Morgan fingerprint density at radius 1 is 1.57 bits per heavy atom. The SMILES string of the molecule is COC1CN(C(=O)Cn2cc(S(N)(=O)=O)cn2)CCC1C. The number of rotatable bonds is 4. The van der Waals surface area contributed by atoms with E-state index in [1.165, 1.54) is 10.9 Å². The van der Waals surface area contributed by atoms with Crippen molar-refractivity contribution in [3.63, 3.8) is 0 Å². The van der Waals surface area contributed by atoms with Crippen LogP contribution in [0.3, 0.4) is 0 Å². The lowest BCUT2D eigenvalue weighted by Gasteiger charge is -2.36. The summed E-state index contributed by atoms with van der Waals surface area (Å²) in [6.07, 6.45) is 3.30. The Morgan fingerprint density at radius 3 is 2.86 bits per heavy atom. The van der Waals surface area contributed by atoms with Gasteiger partial charge in [0.15, 0.2) is 0 Å². The van der Waals surface area contributed by atoms with Crippen LogP contribution < -0.4 is 5.14 Å². The third-order valence-corrected chi connectivity index (χ3v) is 4.65. The van der Waals surface area contributed by atoms with Crippen molar-refractivity contribution in [2.75, 3.05) is 20.2 Å². The number of piperidine rings is 1. The van der Waals surface area contributed by atoms with Crippen molar-refractivity contribution in [3.8, 4) is 0 Å². The van der Waals surface area contributed by atoms with E-state index in [1.54, 1.807) is 12.0 Å². The van der Waals surface area contributed by atoms with Crippen LogP contribution in [0.25, 0.3) is 0 Å². The molecule has 0 aliphatic carbocycles. The summed E-state index contributed by atoms with van der Waals surface area (Å²) in [7, 11) is -2.15. The minimum Gasteiger partial charge on any atom is -0.379 e. The molecule has 1 amide bonds. The molecule has 2 N–H and O–H groups in total. The first-order chi connectivity index (χ1) is 9.81. The van der Waals surface area contributed by atoms with Crippen LogP contribution in [0.15, 0.2) is 17.3 Å². The van der Waals surface area contributed by atoms with Gasteiger partial charge in [-0.2, -0.15) is 5.10 Å². The number of nitrogens with two attached hydrogens (primary N) is 1. The summed E-state index contributed by atoms with van der Waals surface area (Å²) < 4.78 is 29.0. The molecule has 2 unspecified atom stereocenters. The van der Waals surface area contributed by atoms with Gasteiger partial charge in [0, 0.05) is 26.4 Å². The van der Waals surface area contributed by atoms with Gasteiger partial charge < -0.3 is 9.64 Å². The normalized spacial score (nSPS) is 23.3. The standard InChI is InChI=1S/C12H20N4O4S/c1-9-3-4-15(7-11(9)20-2)12(17)8-16-6-10(5-14-16)21(13,18)19/h5-6,9,11H,3-4,7-8H2,1-2H3,(H2,13,18,19). The average molecular weight is 316 g/mol. The van der Waals surface area contributed by atoms with E-state index in [2.05, 4.69) is 12.0 Å². The molecule has 1 aliphatic heterocycles. The third-order valence-electron chi connectivity index (χ3n) is 3.78. The highest BCUT2D eigenvalue weighted by atomic mass is 32.2. The quantitative estimate of drug-likeness (QED) is 0.799. The molecule has 0 spiro atoms. The molecule has 0 aromatic carbocycles. The van der Waals surface area contributed by atoms with E-state index in [1.807, 2.05) is 0 Å². The summed E-state index contributed by atoms with van der Waals surface area (Å²) >= 11 is 0. The lowest BCUT2D eigenvalue weighted by Crippen LogP contribution is -2.47. The first-order valence-electron chi connectivity index (χ1n) is 6.67. The highest BCUT2D eigenvalue weighted by Crippen LogP contribution is 2.19. The zero-order chi connectivity index (χ0) is 15.6. The van der Waals surface area contributed by atoms with E-state index in [4.69, 9.17) is 9.88 Å². The van der Waals surface area contributed by atoms with Gasteiger partial charge in [-0.25, -0.2) is 13.6 Å². The maximum Gasteiger partial charge on any atom is 0.244 e. The third kappa shape index (κ3) is 3.80. The molecule has 0 radical (unpaired) electrons. The molecule has 0 bridgehead atoms. The number of methoxy groups -OCH3 is 1. The fourth-order valence-electron chi connectivity index (χ4n) is 2.38. The van der Waals surface area contributed by atoms with Crippen molar-refractivity contribution >= 4 is 15.9 Å². The van der Waals surface area contributed by atoms with E-state index in [0.29, 0.717) is 19.0 Å². The van der Waals surface area contributed by atoms with E-state index in [-0.39, 0.29) is 23.5 Å². The van der Waals surface area contributed by atoms with E-state index < -0.39 is 10.0 Å². The van der Waals surface area contributed by atoms with Gasteiger partial charge in [0.1, 0.15) is 11.4 Å². The van der Waals surface area contributed by atoms with Crippen molar-refractivity contribution in [3.05, 3.63) is 12.4 Å². The summed E-state index contributed by atoms with van der Waals surface area (Å²) in [5.74, 6) is 0.297. The number of ether oxygens (including phenoxy) is 1. The number of primary sulfonamides is 1. The van der Waals surface area contributed by atoms with Gasteiger partial charge in [0.2, 0.25) is 15.9 Å². The first-order valence-corrected chi connectivity index (χ1v) is 8.21. The molecule has 21 heavy (non-hydrogen) atoms. The number of carbonyl (C=O) groups is 1. The zero-order valence-electron chi connectivity index (χ0n) is 12.1. The maximum atomic E-state index is 12.2. The van der Waals surface area contributed by atoms with Gasteiger partial charge in [0.05, 0.1) is 12.3 Å². The van der Waals surface area contributed by atoms with Crippen molar-refractivity contribution in [1.82, 2.24) is 14.7 Å². The molecule has 1 saturated heterocycles. The fourth-order valence-corrected chi connectivity index (χ4v) is 2.85. The Hall–Kier alpha value is -1.45. The number of sulfonamides is 1. The monoisotopic (exact) mass is 316 g/mol. The highest BCUT2D eigenvalue weighted by molar-refractivity contribution is 7.89. The highest BCUT2D eigenvalue weighted by Gasteiger charge is 2.28. The molecule has 118 valence electrons. The molecule has 2 atom stereocenters. The lowest BCUT2D eigenvalue weighted by atomic mass is 9.96. The number of hydrogen-bond acceptors (Lipinski definition) is 5. The molecule has 8 nitrogen and oxygen atoms in total. The van der Waals surface area contributed by atoms with Gasteiger partial charge in [-0.05, 0) is 12.3 Å². The summed E-state index contributed by atoms with van der Waals surface area (Å²) in [6, 6.07) is 0. The van der Waals surface area contributed by atoms with Crippen LogP contribution in [-0.4, -0.2) is 55.3 Å². The number of likely N-dealkylation sites (tertiary alicyclic amines) is 1. The summed E-state index contributed by atoms with van der Waals surface area (Å²) in [6.45, 7) is 3.30. The predicted molar refractivity (Wildman–Crippen MR) is 74.8 cm³/mol.